The van der Waals surface area contributed by atoms with Gasteiger partial charge in [-0.1, -0.05) is 66.7 Å². The van der Waals surface area contributed by atoms with Crippen molar-refractivity contribution in [3.05, 3.63) is 89.0 Å². The fourth-order valence-electron chi connectivity index (χ4n) is 4.17. The van der Waals surface area contributed by atoms with Crippen molar-refractivity contribution in [3.8, 4) is 0 Å². The third-order valence-electron chi connectivity index (χ3n) is 5.52. The van der Waals surface area contributed by atoms with Crippen LogP contribution in [0.25, 0.3) is 5.57 Å². The summed E-state index contributed by atoms with van der Waals surface area (Å²) in [6, 6.07) is 21.1. The van der Waals surface area contributed by atoms with Crippen molar-refractivity contribution in [2.24, 2.45) is 0 Å². The summed E-state index contributed by atoms with van der Waals surface area (Å²) < 4.78 is 0. The van der Waals surface area contributed by atoms with E-state index < -0.39 is 0 Å². The number of ketones is 1. The van der Waals surface area contributed by atoms with Crippen molar-refractivity contribution in [1.82, 2.24) is 0 Å². The Morgan fingerprint density at radius 3 is 2.24 bits per heavy atom. The highest BCUT2D eigenvalue weighted by atomic mass is 16.1. The van der Waals surface area contributed by atoms with Crippen molar-refractivity contribution >= 4 is 11.4 Å². The number of allylic oxidation sites excluding steroid dienone is 4. The van der Waals surface area contributed by atoms with E-state index in [0.29, 0.717) is 11.7 Å². The van der Waals surface area contributed by atoms with Crippen LogP contribution in [0.2, 0.25) is 0 Å². The minimum absolute atomic E-state index is 0.303. The van der Waals surface area contributed by atoms with Crippen LogP contribution < -0.4 is 0 Å². The van der Waals surface area contributed by atoms with Gasteiger partial charge in [0.2, 0.25) is 0 Å². The van der Waals surface area contributed by atoms with Crippen molar-refractivity contribution in [2.75, 3.05) is 0 Å². The zero-order valence-corrected chi connectivity index (χ0v) is 14.6. The van der Waals surface area contributed by atoms with Crippen molar-refractivity contribution < 1.29 is 4.79 Å². The minimum Gasteiger partial charge on any atom is -0.289 e. The summed E-state index contributed by atoms with van der Waals surface area (Å²) in [6.07, 6.45) is 8.36. The molecule has 0 saturated carbocycles. The first-order valence-corrected chi connectivity index (χ1v) is 9.39. The van der Waals surface area contributed by atoms with Crippen LogP contribution in [-0.2, 0) is 4.79 Å². The molecule has 1 heteroatoms. The zero-order chi connectivity index (χ0) is 17.1. The van der Waals surface area contributed by atoms with Gasteiger partial charge in [0.05, 0.1) is 0 Å². The van der Waals surface area contributed by atoms with Crippen molar-refractivity contribution in [3.63, 3.8) is 0 Å². The van der Waals surface area contributed by atoms with Gasteiger partial charge < -0.3 is 0 Å². The van der Waals surface area contributed by atoms with Gasteiger partial charge in [-0.3, -0.25) is 4.79 Å². The van der Waals surface area contributed by atoms with Gasteiger partial charge in [0, 0.05) is 5.57 Å². The average molecular weight is 328 g/mol. The second kappa shape index (κ2) is 7.23. The molecular formula is C24H24O. The van der Waals surface area contributed by atoms with Crippen LogP contribution in [0.1, 0.15) is 55.6 Å². The third-order valence-corrected chi connectivity index (χ3v) is 5.52. The van der Waals surface area contributed by atoms with E-state index in [-0.39, 0.29) is 0 Å². The first kappa shape index (κ1) is 16.1. The molecule has 2 aliphatic carbocycles. The molecule has 1 atom stereocenters. The van der Waals surface area contributed by atoms with E-state index in [2.05, 4.69) is 60.7 Å². The molecule has 0 unspecified atom stereocenters. The van der Waals surface area contributed by atoms with Crippen LogP contribution >= 0.6 is 0 Å². The lowest BCUT2D eigenvalue weighted by Crippen LogP contribution is -2.09. The number of hydrogen-bond donors (Lipinski definition) is 0. The molecule has 0 amide bonds. The summed E-state index contributed by atoms with van der Waals surface area (Å²) in [6.45, 7) is 0. The monoisotopic (exact) mass is 328 g/mol. The van der Waals surface area contributed by atoms with Crippen LogP contribution in [0.5, 0.6) is 0 Å². The maximum Gasteiger partial charge on any atom is 0.184 e. The third kappa shape index (κ3) is 3.37. The average Bonchev–Trinajstić information content (AvgIpc) is 3.15. The summed E-state index contributed by atoms with van der Waals surface area (Å²) in [5, 5.41) is 0. The summed E-state index contributed by atoms with van der Waals surface area (Å²) >= 11 is 0. The molecule has 2 aromatic rings. The molecular weight excluding hydrogens is 304 g/mol. The zero-order valence-electron chi connectivity index (χ0n) is 14.6. The molecule has 4 rings (SSSR count). The van der Waals surface area contributed by atoms with Crippen LogP contribution in [0.3, 0.4) is 0 Å². The number of carbonyl (C=O) groups is 1. The second-order valence-electron chi connectivity index (χ2n) is 7.14. The Labute approximate surface area is 150 Å². The lowest BCUT2D eigenvalue weighted by molar-refractivity contribution is -0.112. The molecule has 0 bridgehead atoms. The maximum atomic E-state index is 13.2. The predicted octanol–water partition coefficient (Wildman–Crippen LogP) is 6.09. The first-order chi connectivity index (χ1) is 12.3. The smallest absolute Gasteiger partial charge is 0.184 e. The largest absolute Gasteiger partial charge is 0.289 e. The van der Waals surface area contributed by atoms with E-state index in [1.165, 1.54) is 23.1 Å². The fourth-order valence-corrected chi connectivity index (χ4v) is 4.17. The number of Topliss-reactive ketones (excluding diaryl/α,β-unsaturated/α-hetero) is 1. The van der Waals surface area contributed by atoms with Gasteiger partial charge in [0.15, 0.2) is 5.78 Å². The summed E-state index contributed by atoms with van der Waals surface area (Å²) in [5.41, 5.74) is 5.90. The van der Waals surface area contributed by atoms with Gasteiger partial charge in [-0.25, -0.2) is 0 Å². The molecule has 0 N–H and O–H groups in total. The van der Waals surface area contributed by atoms with E-state index in [9.17, 15) is 4.79 Å². The predicted molar refractivity (Wildman–Crippen MR) is 103 cm³/mol. The fraction of sp³-hybridized carbons (Fsp3) is 0.292. The number of benzene rings is 2. The van der Waals surface area contributed by atoms with Gasteiger partial charge in [-0.2, -0.15) is 0 Å². The van der Waals surface area contributed by atoms with E-state index in [0.717, 1.165) is 43.3 Å². The van der Waals surface area contributed by atoms with Crippen LogP contribution in [-0.4, -0.2) is 5.78 Å². The quantitative estimate of drug-likeness (QED) is 0.664. The Balaban J connectivity index is 1.70. The molecule has 2 aromatic carbocycles. The lowest BCUT2D eigenvalue weighted by Gasteiger charge is -2.14. The van der Waals surface area contributed by atoms with E-state index in [1.54, 1.807) is 0 Å². The topological polar surface area (TPSA) is 17.1 Å². The van der Waals surface area contributed by atoms with E-state index in [1.807, 2.05) is 6.07 Å². The molecule has 0 saturated heterocycles. The molecule has 2 aliphatic rings. The van der Waals surface area contributed by atoms with Gasteiger partial charge in [0.25, 0.3) is 0 Å². The molecule has 126 valence electrons. The minimum atomic E-state index is 0.303. The number of rotatable bonds is 4. The number of carbonyl (C=O) groups excluding carboxylic acids is 1. The molecule has 0 heterocycles. The summed E-state index contributed by atoms with van der Waals surface area (Å²) in [7, 11) is 0. The molecule has 0 spiro atoms. The van der Waals surface area contributed by atoms with Gasteiger partial charge in [0.1, 0.15) is 0 Å². The van der Waals surface area contributed by atoms with Gasteiger partial charge >= 0.3 is 0 Å². The van der Waals surface area contributed by atoms with Crippen LogP contribution in [0, 0.1) is 0 Å². The summed E-state index contributed by atoms with van der Waals surface area (Å²) in [4.78, 5) is 13.2. The van der Waals surface area contributed by atoms with Gasteiger partial charge in [-0.05, 0) is 66.7 Å². The van der Waals surface area contributed by atoms with E-state index >= 15 is 0 Å². The molecule has 0 radical (unpaired) electrons. The molecule has 0 aliphatic heterocycles. The highest BCUT2D eigenvalue weighted by Gasteiger charge is 2.31. The van der Waals surface area contributed by atoms with Crippen LogP contribution in [0.4, 0.5) is 0 Å². The lowest BCUT2D eigenvalue weighted by atomic mass is 9.89. The molecule has 25 heavy (non-hydrogen) atoms. The highest BCUT2D eigenvalue weighted by Crippen LogP contribution is 2.44. The number of hydrogen-bond acceptors (Lipinski definition) is 1. The Hall–Kier alpha value is -2.41. The standard InChI is InChI=1S/C24H24O/c25-24(20-14-8-3-9-15-20)23-17-21(18-10-4-1-5-11-18)16-22(23)19-12-6-2-7-13-19/h1-2,4-7,10-14,21H,3,8-9,15-17H2/t21-/m1/s1. The summed E-state index contributed by atoms with van der Waals surface area (Å²) in [5.74, 6) is 0.719. The van der Waals surface area contributed by atoms with Crippen molar-refractivity contribution in [2.45, 2.75) is 44.4 Å². The van der Waals surface area contributed by atoms with Crippen molar-refractivity contribution in [1.29, 1.82) is 0 Å². The molecule has 0 aromatic heterocycles. The highest BCUT2D eigenvalue weighted by molar-refractivity contribution is 6.13. The Kier molecular flexibility index (Phi) is 4.65. The molecule has 0 fully saturated rings. The van der Waals surface area contributed by atoms with Gasteiger partial charge in [-0.15, -0.1) is 0 Å². The Bertz CT molecular complexity index is 812. The second-order valence-corrected chi connectivity index (χ2v) is 7.14. The maximum absolute atomic E-state index is 13.2. The van der Waals surface area contributed by atoms with Crippen LogP contribution in [0.15, 0.2) is 77.9 Å². The first-order valence-electron chi connectivity index (χ1n) is 9.39. The Morgan fingerprint density at radius 1 is 0.840 bits per heavy atom. The Morgan fingerprint density at radius 2 is 1.56 bits per heavy atom. The SMILES string of the molecule is O=C(C1=CCCCC1)C1=C(c2ccccc2)C[C@@H](c2ccccc2)C1. The van der Waals surface area contributed by atoms with E-state index in [4.69, 9.17) is 0 Å². The normalized spacial score (nSPS) is 20.5. The molecule has 1 nitrogen and oxygen atoms in total.